The molecule has 131 heavy (non-hydrogen) atoms. The predicted molar refractivity (Wildman–Crippen MR) is 486 cm³/mol. The second kappa shape index (κ2) is 53.5. The highest BCUT2D eigenvalue weighted by atomic mass is 32.1. The number of primary amides is 4. The number of para-hydroxylation sites is 2. The van der Waals surface area contributed by atoms with Gasteiger partial charge in [-0.25, -0.2) is 4.79 Å². The van der Waals surface area contributed by atoms with E-state index < -0.39 is 241 Å². The summed E-state index contributed by atoms with van der Waals surface area (Å²) in [6.45, 7) is 6.45. The molecule has 2 heterocycles. The Morgan fingerprint density at radius 3 is 1.18 bits per heavy atom. The van der Waals surface area contributed by atoms with Crippen LogP contribution >= 0.6 is 25.3 Å². The van der Waals surface area contributed by atoms with Crippen molar-refractivity contribution in [1.29, 1.82) is 0 Å². The number of nitrogens with one attached hydrogen (secondary N) is 17. The molecule has 0 aliphatic heterocycles. The average Bonchev–Trinajstić information content (AvgIpc) is 1.62. The van der Waals surface area contributed by atoms with E-state index in [1.54, 1.807) is 98.9 Å². The molecule has 43 nitrogen and oxygen atoms in total. The molecule has 4 aromatic carbocycles. The molecule has 0 radical (unpaired) electrons. The quantitative estimate of drug-likeness (QED) is 0.0126. The zero-order valence-corrected chi connectivity index (χ0v) is 74.9. The van der Waals surface area contributed by atoms with Crippen LogP contribution in [0.5, 0.6) is 5.75 Å². The number of phenols is 1. The SMILES string of the molecule is CC(=O)N[C@@H](CS)C(=O)N[C@@H](CCC(N)=O)C(=O)N[C@H](C(=O)N[C@@H](Cc1c[nH]c2ccccc12)C(=O)N[C@@H](CCC(N)=O)C(=O)N[C@@H](CS)C(=O)N[C@@H](Cc1ccc(O)cc1)C(=O)N[C@@H](Cc1c[nH]c2ccccc12)C(=O)N[C@@H](CCCNC(N)=O)C(=O)N[C@H](C(=O)N[C@@H](Cc1ccccc1)C(=O)N[C@@H](C(=O)NCCC(=O)N[C@H](CCCCN)C(N)=O)[C@H](C)O)C(C)C)[C@@H](C)O. The fourth-order valence-electron chi connectivity index (χ4n) is 13.8. The summed E-state index contributed by atoms with van der Waals surface area (Å²) in [6, 6.07) is 5.61. The highest BCUT2D eigenvalue weighted by molar-refractivity contribution is 7.80. The van der Waals surface area contributed by atoms with Gasteiger partial charge in [0.05, 0.1) is 12.2 Å². The lowest BCUT2D eigenvalue weighted by Crippen LogP contribution is -2.62. The lowest BCUT2D eigenvalue weighted by atomic mass is 9.99. The van der Waals surface area contributed by atoms with Gasteiger partial charge >= 0.3 is 6.03 Å². The molecule has 0 fully saturated rings. The number of unbranched alkanes of at least 4 members (excludes halogenated alkanes) is 1. The number of rotatable bonds is 56. The summed E-state index contributed by atoms with van der Waals surface area (Å²) in [5, 5.41) is 71.4. The topological polar surface area (TPSA) is 710 Å². The number of aromatic amines is 2. The minimum atomic E-state index is -1.93. The number of benzene rings is 4. The van der Waals surface area contributed by atoms with Gasteiger partial charge in [0.15, 0.2) is 0 Å². The number of carbonyl (C=O) groups excluding carboxylic acids is 18. The number of phenolic OH excluding ortho intramolecular Hbond substituents is 1. The number of thiol groups is 2. The van der Waals surface area contributed by atoms with Crippen molar-refractivity contribution in [3.05, 3.63) is 138 Å². The maximum Gasteiger partial charge on any atom is 0.312 e. The maximum absolute atomic E-state index is 15.4. The van der Waals surface area contributed by atoms with Gasteiger partial charge in [0.25, 0.3) is 0 Å². The number of nitrogens with two attached hydrogens (primary N) is 5. The monoisotopic (exact) mass is 1860 g/mol. The second-order valence-corrected chi connectivity index (χ2v) is 32.5. The predicted octanol–water partition coefficient (Wildman–Crippen LogP) is -4.67. The molecule has 30 N–H and O–H groups in total. The minimum absolute atomic E-state index is 0.0624. The number of amides is 19. The lowest BCUT2D eigenvalue weighted by Gasteiger charge is -2.29. The molecule has 0 bridgehead atoms. The Bertz CT molecular complexity index is 4960. The summed E-state index contributed by atoms with van der Waals surface area (Å²) in [6.07, 6.45) is -3.03. The van der Waals surface area contributed by atoms with E-state index in [4.69, 9.17) is 28.7 Å². The summed E-state index contributed by atoms with van der Waals surface area (Å²) in [7, 11) is 0. The average molecular weight is 1860 g/mol. The number of fused-ring (bicyclic) bond motifs is 2. The molecule has 0 unspecified atom stereocenters. The number of aromatic nitrogens is 2. The van der Waals surface area contributed by atoms with Gasteiger partial charge in [-0.05, 0) is 118 Å². The second-order valence-electron chi connectivity index (χ2n) is 31.8. The van der Waals surface area contributed by atoms with Crippen molar-refractivity contribution in [2.45, 2.75) is 215 Å². The van der Waals surface area contributed by atoms with Crippen molar-refractivity contribution in [1.82, 2.24) is 89.7 Å². The van der Waals surface area contributed by atoms with Crippen molar-refractivity contribution in [3.63, 3.8) is 0 Å². The molecule has 15 atom stereocenters. The Labute approximate surface area is 765 Å². The molecule has 6 aromatic rings. The van der Waals surface area contributed by atoms with Gasteiger partial charge in [0.1, 0.15) is 84.3 Å². The standard InChI is InChI=1S/C86H120N22O21S2/c1-44(2)70(84(127)103-62(36-48-16-7-6-8-17-48)80(123)107-71(45(3)109)83(126)92-35-32-69(115)97-57(73(90)116)22-13-14-33-87)106-75(118)58(23-15-34-93-86(91)129)98-78(121)63(38-50-40-94-55-20-11-9-18-53(50)55)102-77(120)61(37-49-24-26-52(112)27-25-49)101-82(125)66(43-131)105-74(117)59(28-30-67(88)113)99-79(122)64(39-51-41-95-56-21-12-10-19-54(51)56)104-85(128)72(46(4)110)108-76(119)60(29-31-68(89)114)100-81(124)65(42-130)96-47(5)111/h6-12,16-21,24-27,40-41,44-46,57-66,70-72,94-95,109-110,112,130-131H,13-15,22-23,28-39,42-43,87H2,1-5H3,(H2,88,113)(H2,89,114)(H2,90,116)(H,92,126)(H,96,111)(H,97,115)(H,98,121)(H,99,122)(H,100,124)(H,101,125)(H,102,120)(H,103,127)(H,104,128)(H,105,117)(H,106,118)(H,107,123)(H,108,119)(H3,91,93,129)/t45-,46+,57+,58-,59-,60-,61-,62-,63-,64-,65-,66-,70-,71+,72-/m0/s1. The van der Waals surface area contributed by atoms with E-state index in [-0.39, 0.29) is 69.5 Å². The van der Waals surface area contributed by atoms with Crippen LogP contribution in [0.25, 0.3) is 21.8 Å². The fourth-order valence-corrected chi connectivity index (χ4v) is 14.4. The first-order valence-corrected chi connectivity index (χ1v) is 43.7. The largest absolute Gasteiger partial charge is 0.508 e. The fraction of sp³-hybridized carbons (Fsp3) is 0.465. The number of hydrogen-bond donors (Lipinski definition) is 27. The summed E-state index contributed by atoms with van der Waals surface area (Å²) >= 11 is 8.49. The lowest BCUT2D eigenvalue weighted by molar-refractivity contribution is -0.137. The van der Waals surface area contributed by atoms with Crippen LogP contribution in [-0.2, 0) is 107 Å². The molecule has 712 valence electrons. The molecule has 0 aliphatic carbocycles. The Morgan fingerprint density at radius 2 is 0.740 bits per heavy atom. The highest BCUT2D eigenvalue weighted by Crippen LogP contribution is 2.23. The minimum Gasteiger partial charge on any atom is -0.508 e. The van der Waals surface area contributed by atoms with E-state index in [0.29, 0.717) is 63.4 Å². The van der Waals surface area contributed by atoms with Gasteiger partial charge in [0, 0.05) is 111 Å². The van der Waals surface area contributed by atoms with Crippen LogP contribution in [0.3, 0.4) is 0 Å². The molecule has 0 saturated heterocycles. The maximum atomic E-state index is 15.4. The molecule has 2 aromatic heterocycles. The first kappa shape index (κ1) is 106. The van der Waals surface area contributed by atoms with Gasteiger partial charge in [0.2, 0.25) is 100 Å². The summed E-state index contributed by atoms with van der Waals surface area (Å²) < 4.78 is 0. The van der Waals surface area contributed by atoms with Crippen LogP contribution < -0.4 is 108 Å². The number of H-pyrrole nitrogens is 2. The highest BCUT2D eigenvalue weighted by Gasteiger charge is 2.40. The van der Waals surface area contributed by atoms with Gasteiger partial charge in [-0.1, -0.05) is 92.7 Å². The van der Waals surface area contributed by atoms with E-state index in [9.17, 15) is 87.2 Å². The molecule has 0 saturated carbocycles. The smallest absolute Gasteiger partial charge is 0.312 e. The third-order valence-corrected chi connectivity index (χ3v) is 21.7. The van der Waals surface area contributed by atoms with Crippen LogP contribution in [0.4, 0.5) is 4.79 Å². The normalized spacial score (nSPS) is 14.6. The van der Waals surface area contributed by atoms with E-state index >= 15 is 14.4 Å². The van der Waals surface area contributed by atoms with Crippen molar-refractivity contribution in [3.8, 4) is 5.75 Å². The van der Waals surface area contributed by atoms with E-state index in [0.717, 1.165) is 13.8 Å². The van der Waals surface area contributed by atoms with Gasteiger partial charge in [-0.3, -0.25) is 81.5 Å². The van der Waals surface area contributed by atoms with Crippen LogP contribution in [0.2, 0.25) is 0 Å². The van der Waals surface area contributed by atoms with Gasteiger partial charge in [-0.2, -0.15) is 25.3 Å². The summed E-state index contributed by atoms with van der Waals surface area (Å²) in [4.78, 5) is 255. The van der Waals surface area contributed by atoms with Crippen molar-refractivity contribution in [2.24, 2.45) is 34.6 Å². The Kier molecular flexibility index (Phi) is 43.5. The molecule has 19 amide bonds. The Hall–Kier alpha value is -13.4. The first-order valence-electron chi connectivity index (χ1n) is 42.5. The summed E-state index contributed by atoms with van der Waals surface area (Å²) in [5.74, 6) is -18.3. The third-order valence-electron chi connectivity index (χ3n) is 21.0. The van der Waals surface area contributed by atoms with Gasteiger partial charge < -0.3 is 134 Å². The first-order chi connectivity index (χ1) is 62.2. The van der Waals surface area contributed by atoms with Crippen LogP contribution in [0.15, 0.2) is 116 Å². The number of aromatic hydroxyl groups is 1. The Morgan fingerprint density at radius 1 is 0.366 bits per heavy atom. The Balaban J connectivity index is 1.29. The van der Waals surface area contributed by atoms with E-state index in [1.165, 1.54) is 37.4 Å². The van der Waals surface area contributed by atoms with Gasteiger partial charge in [-0.15, -0.1) is 0 Å². The van der Waals surface area contributed by atoms with Crippen molar-refractivity contribution in [2.75, 3.05) is 31.1 Å². The van der Waals surface area contributed by atoms with Crippen LogP contribution in [-0.4, -0.2) is 254 Å². The molecular formula is C86H120N22O21S2. The third kappa shape index (κ3) is 35.2. The molecular weight excluding hydrogens is 1740 g/mol. The number of aliphatic hydroxyl groups excluding tert-OH is 2. The number of aliphatic hydroxyl groups is 2. The molecule has 6 rings (SSSR count). The van der Waals surface area contributed by atoms with Crippen LogP contribution in [0.1, 0.15) is 121 Å². The van der Waals surface area contributed by atoms with Crippen molar-refractivity contribution < 1.29 is 102 Å². The number of hydrogen-bond acceptors (Lipinski definition) is 24. The van der Waals surface area contributed by atoms with Crippen molar-refractivity contribution >= 4 is 154 Å². The zero-order chi connectivity index (χ0) is 96.7. The number of carbonyl (C=O) groups is 18. The molecule has 0 spiro atoms. The van der Waals surface area contributed by atoms with E-state index in [1.807, 2.05) is 0 Å². The van der Waals surface area contributed by atoms with E-state index in [2.05, 4.69) is 115 Å². The zero-order valence-electron chi connectivity index (χ0n) is 73.1. The number of urea groups is 1. The molecule has 0 aliphatic rings. The van der Waals surface area contributed by atoms with Crippen LogP contribution in [0, 0.1) is 5.92 Å². The molecule has 45 heteroatoms. The summed E-state index contributed by atoms with van der Waals surface area (Å²) in [5.41, 5.74) is 30.3.